The molecular formula is C27H32F2O2S. The number of fused-ring (bicyclic) bond motifs is 3. The lowest BCUT2D eigenvalue weighted by molar-refractivity contribution is 0.177. The molecular weight excluding hydrogens is 426 g/mol. The van der Waals surface area contributed by atoms with Gasteiger partial charge in [0, 0.05) is 10.8 Å². The highest BCUT2D eigenvalue weighted by molar-refractivity contribution is 7.25. The molecule has 0 amide bonds. The van der Waals surface area contributed by atoms with E-state index in [0.717, 1.165) is 53.7 Å². The van der Waals surface area contributed by atoms with Gasteiger partial charge in [0.25, 0.3) is 0 Å². The monoisotopic (exact) mass is 458 g/mol. The standard InChI is InChI=1S/C27H32F2O2S/c1-2-17-7-9-19(10-8-17)16-31-23-14-12-21-20-11-13-22(30-15-18-5-3-4-6-18)24(28)26(20)32-27(21)25(23)29/h11-14,17-19H,2-10,15-16H2,1H3. The molecule has 32 heavy (non-hydrogen) atoms. The third-order valence-electron chi connectivity index (χ3n) is 7.59. The molecule has 2 nitrogen and oxygen atoms in total. The lowest BCUT2D eigenvalue weighted by Crippen LogP contribution is -2.20. The topological polar surface area (TPSA) is 18.5 Å². The van der Waals surface area contributed by atoms with Gasteiger partial charge >= 0.3 is 0 Å². The minimum atomic E-state index is -0.378. The summed E-state index contributed by atoms with van der Waals surface area (Å²) in [6.07, 6.45) is 10.8. The van der Waals surface area contributed by atoms with E-state index in [-0.39, 0.29) is 23.1 Å². The Labute approximate surface area is 192 Å². The van der Waals surface area contributed by atoms with Gasteiger partial charge in [0.05, 0.1) is 22.6 Å². The molecule has 2 saturated carbocycles. The van der Waals surface area contributed by atoms with E-state index >= 15 is 8.78 Å². The van der Waals surface area contributed by atoms with E-state index in [4.69, 9.17) is 9.47 Å². The highest BCUT2D eigenvalue weighted by Gasteiger charge is 2.23. The lowest BCUT2D eigenvalue weighted by Gasteiger charge is -2.27. The molecule has 2 aliphatic rings. The molecule has 0 radical (unpaired) electrons. The molecule has 0 spiro atoms. The van der Waals surface area contributed by atoms with Gasteiger partial charge in [-0.2, -0.15) is 0 Å². The van der Waals surface area contributed by atoms with Crippen LogP contribution in [-0.4, -0.2) is 13.2 Å². The molecule has 5 heteroatoms. The smallest absolute Gasteiger partial charge is 0.182 e. The summed E-state index contributed by atoms with van der Waals surface area (Å²) in [4.78, 5) is 0. The molecule has 2 fully saturated rings. The average Bonchev–Trinajstić information content (AvgIpc) is 3.47. The second kappa shape index (κ2) is 9.54. The van der Waals surface area contributed by atoms with Crippen molar-refractivity contribution in [1.82, 2.24) is 0 Å². The van der Waals surface area contributed by atoms with Crippen molar-refractivity contribution in [2.24, 2.45) is 17.8 Å². The number of rotatable bonds is 7. The van der Waals surface area contributed by atoms with Crippen LogP contribution in [0, 0.1) is 29.4 Å². The van der Waals surface area contributed by atoms with Gasteiger partial charge in [0.15, 0.2) is 23.1 Å². The Bertz CT molecular complexity index is 1080. The van der Waals surface area contributed by atoms with Gasteiger partial charge in [0.1, 0.15) is 0 Å². The first-order chi connectivity index (χ1) is 15.6. The fourth-order valence-electron chi connectivity index (χ4n) is 5.42. The van der Waals surface area contributed by atoms with Crippen molar-refractivity contribution in [3.8, 4) is 11.5 Å². The van der Waals surface area contributed by atoms with Gasteiger partial charge in [-0.15, -0.1) is 11.3 Å². The zero-order valence-corrected chi connectivity index (χ0v) is 19.6. The first-order valence-corrected chi connectivity index (χ1v) is 13.0. The van der Waals surface area contributed by atoms with E-state index in [0.29, 0.717) is 34.4 Å². The Morgan fingerprint density at radius 3 is 1.69 bits per heavy atom. The van der Waals surface area contributed by atoms with Crippen LogP contribution in [0.3, 0.4) is 0 Å². The number of benzene rings is 2. The highest BCUT2D eigenvalue weighted by atomic mass is 32.1. The zero-order chi connectivity index (χ0) is 22.1. The van der Waals surface area contributed by atoms with Crippen LogP contribution in [0.1, 0.15) is 64.7 Å². The number of halogens is 2. The van der Waals surface area contributed by atoms with Gasteiger partial charge in [-0.05, 0) is 67.7 Å². The van der Waals surface area contributed by atoms with Crippen molar-refractivity contribution < 1.29 is 18.3 Å². The highest BCUT2D eigenvalue weighted by Crippen LogP contribution is 2.42. The molecule has 0 saturated heterocycles. The summed E-state index contributed by atoms with van der Waals surface area (Å²) in [5, 5.41) is 1.47. The van der Waals surface area contributed by atoms with E-state index < -0.39 is 0 Å². The summed E-state index contributed by atoms with van der Waals surface area (Å²) in [7, 11) is 0. The summed E-state index contributed by atoms with van der Waals surface area (Å²) < 4.78 is 43.1. The number of ether oxygens (including phenoxy) is 2. The van der Waals surface area contributed by atoms with Gasteiger partial charge in [-0.1, -0.05) is 39.0 Å². The molecule has 0 unspecified atom stereocenters. The van der Waals surface area contributed by atoms with E-state index in [1.807, 2.05) is 12.1 Å². The van der Waals surface area contributed by atoms with Crippen molar-refractivity contribution in [3.05, 3.63) is 35.9 Å². The van der Waals surface area contributed by atoms with E-state index in [9.17, 15) is 0 Å². The van der Waals surface area contributed by atoms with Gasteiger partial charge in [0.2, 0.25) is 0 Å². The van der Waals surface area contributed by atoms with Gasteiger partial charge in [-0.3, -0.25) is 0 Å². The summed E-state index contributed by atoms with van der Waals surface area (Å²) >= 11 is 1.16. The van der Waals surface area contributed by atoms with Crippen molar-refractivity contribution >= 4 is 31.5 Å². The van der Waals surface area contributed by atoms with Crippen LogP contribution < -0.4 is 9.47 Å². The van der Waals surface area contributed by atoms with E-state index in [2.05, 4.69) is 6.92 Å². The van der Waals surface area contributed by atoms with Crippen LogP contribution in [0.15, 0.2) is 24.3 Å². The Morgan fingerprint density at radius 1 is 0.719 bits per heavy atom. The van der Waals surface area contributed by atoms with Crippen LogP contribution in [0.25, 0.3) is 20.2 Å². The maximum absolute atomic E-state index is 15.3. The third kappa shape index (κ3) is 4.33. The Kier molecular flexibility index (Phi) is 6.54. The molecule has 0 N–H and O–H groups in total. The van der Waals surface area contributed by atoms with Crippen LogP contribution in [-0.2, 0) is 0 Å². The molecule has 3 aromatic rings. The largest absolute Gasteiger partial charge is 0.490 e. The Morgan fingerprint density at radius 2 is 1.19 bits per heavy atom. The number of hydrogen-bond donors (Lipinski definition) is 0. The average molecular weight is 459 g/mol. The normalized spacial score (nSPS) is 22.1. The second-order valence-corrected chi connectivity index (χ2v) is 10.7. The second-order valence-electron chi connectivity index (χ2n) is 9.68. The minimum absolute atomic E-state index is 0.274. The van der Waals surface area contributed by atoms with Gasteiger partial charge < -0.3 is 9.47 Å². The first-order valence-electron chi connectivity index (χ1n) is 12.2. The van der Waals surface area contributed by atoms with Crippen molar-refractivity contribution in [1.29, 1.82) is 0 Å². The summed E-state index contributed by atoms with van der Waals surface area (Å²) in [5.74, 6) is 1.64. The zero-order valence-electron chi connectivity index (χ0n) is 18.8. The molecule has 0 bridgehead atoms. The summed E-state index contributed by atoms with van der Waals surface area (Å²) in [5.41, 5.74) is 0. The fourth-order valence-corrected chi connectivity index (χ4v) is 6.58. The van der Waals surface area contributed by atoms with Crippen LogP contribution in [0.4, 0.5) is 8.78 Å². The summed E-state index contributed by atoms with van der Waals surface area (Å²) in [6.45, 7) is 3.36. The lowest BCUT2D eigenvalue weighted by atomic mass is 9.81. The number of hydrogen-bond acceptors (Lipinski definition) is 3. The Balaban J connectivity index is 1.34. The predicted molar refractivity (Wildman–Crippen MR) is 128 cm³/mol. The Hall–Kier alpha value is -1.88. The molecule has 1 aromatic heterocycles. The van der Waals surface area contributed by atoms with Crippen LogP contribution in [0.2, 0.25) is 0 Å². The number of thiophene rings is 1. The van der Waals surface area contributed by atoms with Gasteiger partial charge in [-0.25, -0.2) is 8.78 Å². The molecule has 0 atom stereocenters. The maximum atomic E-state index is 15.3. The fraction of sp³-hybridized carbons (Fsp3) is 0.556. The van der Waals surface area contributed by atoms with E-state index in [1.165, 1.54) is 32.1 Å². The van der Waals surface area contributed by atoms with Crippen molar-refractivity contribution in [2.75, 3.05) is 13.2 Å². The third-order valence-corrected chi connectivity index (χ3v) is 8.79. The molecule has 1 heterocycles. The molecule has 2 aliphatic carbocycles. The van der Waals surface area contributed by atoms with Crippen LogP contribution in [0.5, 0.6) is 11.5 Å². The molecule has 2 aromatic carbocycles. The summed E-state index contributed by atoms with van der Waals surface area (Å²) in [6, 6.07) is 7.10. The first kappa shape index (κ1) is 21.9. The van der Waals surface area contributed by atoms with E-state index in [1.54, 1.807) is 12.1 Å². The molecule has 0 aliphatic heterocycles. The SMILES string of the molecule is CCC1CCC(COc2ccc3c(sc4c(F)c(OCC5CCCC5)ccc43)c2F)CC1. The minimum Gasteiger partial charge on any atom is -0.490 e. The predicted octanol–water partition coefficient (Wildman–Crippen LogP) is 8.50. The van der Waals surface area contributed by atoms with Crippen LogP contribution >= 0.6 is 11.3 Å². The quantitative estimate of drug-likeness (QED) is 0.353. The van der Waals surface area contributed by atoms with Crippen molar-refractivity contribution in [2.45, 2.75) is 64.7 Å². The maximum Gasteiger partial charge on any atom is 0.182 e. The van der Waals surface area contributed by atoms with Crippen molar-refractivity contribution in [3.63, 3.8) is 0 Å². The molecule has 172 valence electrons. The molecule has 5 rings (SSSR count).